The van der Waals surface area contributed by atoms with Gasteiger partial charge < -0.3 is 15.4 Å². The van der Waals surface area contributed by atoms with E-state index in [9.17, 15) is 0 Å². The van der Waals surface area contributed by atoms with Crippen LogP contribution in [0.15, 0.2) is 6.33 Å². The van der Waals surface area contributed by atoms with Gasteiger partial charge in [0.15, 0.2) is 0 Å². The topological polar surface area (TPSA) is 59.1 Å². The van der Waals surface area contributed by atoms with Crippen molar-refractivity contribution < 1.29 is 4.74 Å². The van der Waals surface area contributed by atoms with Gasteiger partial charge in [0.2, 0.25) is 5.88 Å². The zero-order valence-corrected chi connectivity index (χ0v) is 8.37. The minimum absolute atomic E-state index is 0.480. The molecule has 1 aromatic heterocycles. The Morgan fingerprint density at radius 3 is 2.86 bits per heavy atom. The number of aromatic nitrogens is 2. The standard InChI is InChI=1S/C9H14N4O/c1-6-8(13-7-3-10-4-7)11-5-12-9(6)14-2/h5,7,10H,3-4H2,1-2H3,(H,11,12,13). The van der Waals surface area contributed by atoms with Crippen LogP contribution in [0.4, 0.5) is 5.82 Å². The number of hydrogen-bond donors (Lipinski definition) is 2. The van der Waals surface area contributed by atoms with Gasteiger partial charge in [-0.1, -0.05) is 0 Å². The van der Waals surface area contributed by atoms with Crippen LogP contribution in [-0.4, -0.2) is 36.2 Å². The number of methoxy groups -OCH3 is 1. The lowest BCUT2D eigenvalue weighted by atomic mass is 10.2. The molecule has 0 aromatic carbocycles. The predicted molar refractivity (Wildman–Crippen MR) is 53.6 cm³/mol. The molecule has 1 aromatic rings. The minimum Gasteiger partial charge on any atom is -0.481 e. The third-order valence-corrected chi connectivity index (χ3v) is 2.35. The molecule has 0 bridgehead atoms. The maximum Gasteiger partial charge on any atom is 0.221 e. The summed E-state index contributed by atoms with van der Waals surface area (Å²) in [5.41, 5.74) is 0.960. The van der Waals surface area contributed by atoms with Gasteiger partial charge in [0.25, 0.3) is 0 Å². The average Bonchev–Trinajstić information content (AvgIpc) is 2.13. The molecular formula is C9H14N4O. The lowest BCUT2D eigenvalue weighted by Crippen LogP contribution is -2.51. The molecule has 1 aliphatic rings. The van der Waals surface area contributed by atoms with E-state index in [1.54, 1.807) is 7.11 Å². The highest BCUT2D eigenvalue weighted by atomic mass is 16.5. The summed E-state index contributed by atoms with van der Waals surface area (Å²) >= 11 is 0. The van der Waals surface area contributed by atoms with E-state index < -0.39 is 0 Å². The molecule has 0 amide bonds. The maximum atomic E-state index is 5.11. The van der Waals surface area contributed by atoms with Gasteiger partial charge in [-0.3, -0.25) is 0 Å². The van der Waals surface area contributed by atoms with Crippen LogP contribution in [0.25, 0.3) is 0 Å². The molecule has 5 nitrogen and oxygen atoms in total. The molecule has 0 radical (unpaired) electrons. The van der Waals surface area contributed by atoms with Crippen molar-refractivity contribution in [1.82, 2.24) is 15.3 Å². The van der Waals surface area contributed by atoms with Crippen LogP contribution in [0.1, 0.15) is 5.56 Å². The van der Waals surface area contributed by atoms with Gasteiger partial charge in [-0.05, 0) is 6.92 Å². The molecule has 0 unspecified atom stereocenters. The predicted octanol–water partition coefficient (Wildman–Crippen LogP) is 0.177. The van der Waals surface area contributed by atoms with Crippen molar-refractivity contribution in [3.63, 3.8) is 0 Å². The smallest absolute Gasteiger partial charge is 0.221 e. The van der Waals surface area contributed by atoms with E-state index in [4.69, 9.17) is 4.74 Å². The van der Waals surface area contributed by atoms with Crippen molar-refractivity contribution in [3.8, 4) is 5.88 Å². The molecule has 1 saturated heterocycles. The second-order valence-electron chi connectivity index (χ2n) is 3.36. The SMILES string of the molecule is COc1ncnc(NC2CNC2)c1C. The van der Waals surface area contributed by atoms with Crippen molar-refractivity contribution >= 4 is 5.82 Å². The number of nitrogens with one attached hydrogen (secondary N) is 2. The summed E-state index contributed by atoms with van der Waals surface area (Å²) < 4.78 is 5.11. The Morgan fingerprint density at radius 2 is 2.29 bits per heavy atom. The van der Waals surface area contributed by atoms with Crippen LogP contribution in [0.2, 0.25) is 0 Å². The third-order valence-electron chi connectivity index (χ3n) is 2.35. The highest BCUT2D eigenvalue weighted by Crippen LogP contribution is 2.20. The summed E-state index contributed by atoms with van der Waals surface area (Å²) in [6.45, 7) is 3.94. The Balaban J connectivity index is 2.15. The van der Waals surface area contributed by atoms with E-state index in [0.717, 1.165) is 24.5 Å². The zero-order valence-electron chi connectivity index (χ0n) is 8.37. The largest absolute Gasteiger partial charge is 0.481 e. The van der Waals surface area contributed by atoms with Gasteiger partial charge >= 0.3 is 0 Å². The fourth-order valence-corrected chi connectivity index (χ4v) is 1.37. The lowest BCUT2D eigenvalue weighted by Gasteiger charge is -2.29. The van der Waals surface area contributed by atoms with Gasteiger partial charge in [-0.2, -0.15) is 0 Å². The van der Waals surface area contributed by atoms with Crippen molar-refractivity contribution in [2.75, 3.05) is 25.5 Å². The molecule has 76 valence electrons. The molecule has 0 aliphatic carbocycles. The van der Waals surface area contributed by atoms with Crippen molar-refractivity contribution in [3.05, 3.63) is 11.9 Å². The molecule has 0 atom stereocenters. The number of ether oxygens (including phenoxy) is 1. The first-order chi connectivity index (χ1) is 6.81. The highest BCUT2D eigenvalue weighted by Gasteiger charge is 2.18. The van der Waals surface area contributed by atoms with E-state index >= 15 is 0 Å². The van der Waals surface area contributed by atoms with Crippen LogP contribution in [0.3, 0.4) is 0 Å². The lowest BCUT2D eigenvalue weighted by molar-refractivity contribution is 0.393. The zero-order chi connectivity index (χ0) is 9.97. The molecule has 1 fully saturated rings. The summed E-state index contributed by atoms with van der Waals surface area (Å²) in [6.07, 6.45) is 1.51. The average molecular weight is 194 g/mol. The summed E-state index contributed by atoms with van der Waals surface area (Å²) in [5.74, 6) is 1.50. The molecule has 14 heavy (non-hydrogen) atoms. The second-order valence-corrected chi connectivity index (χ2v) is 3.36. The fourth-order valence-electron chi connectivity index (χ4n) is 1.37. The van der Waals surface area contributed by atoms with E-state index in [1.807, 2.05) is 6.92 Å². The molecule has 0 spiro atoms. The van der Waals surface area contributed by atoms with E-state index in [2.05, 4.69) is 20.6 Å². The van der Waals surface area contributed by atoms with Crippen molar-refractivity contribution in [1.29, 1.82) is 0 Å². The van der Waals surface area contributed by atoms with Crippen molar-refractivity contribution in [2.45, 2.75) is 13.0 Å². The number of rotatable bonds is 3. The monoisotopic (exact) mass is 194 g/mol. The first kappa shape index (κ1) is 9.21. The third kappa shape index (κ3) is 1.63. The summed E-state index contributed by atoms with van der Waals surface area (Å²) in [7, 11) is 1.62. The van der Waals surface area contributed by atoms with Gasteiger partial charge in [0.1, 0.15) is 12.1 Å². The summed E-state index contributed by atoms with van der Waals surface area (Å²) in [4.78, 5) is 8.20. The Kier molecular flexibility index (Phi) is 2.49. The number of nitrogens with zero attached hydrogens (tertiary/aromatic N) is 2. The summed E-state index contributed by atoms with van der Waals surface area (Å²) in [6, 6.07) is 0.480. The normalized spacial score (nSPS) is 16.1. The molecular weight excluding hydrogens is 180 g/mol. The van der Waals surface area contributed by atoms with E-state index in [0.29, 0.717) is 11.9 Å². The minimum atomic E-state index is 0.480. The van der Waals surface area contributed by atoms with Crippen LogP contribution < -0.4 is 15.4 Å². The Labute approximate surface area is 82.9 Å². The quantitative estimate of drug-likeness (QED) is 0.718. The highest BCUT2D eigenvalue weighted by molar-refractivity contribution is 5.48. The fraction of sp³-hybridized carbons (Fsp3) is 0.556. The molecule has 1 aliphatic heterocycles. The first-order valence-electron chi connectivity index (χ1n) is 4.64. The first-order valence-corrected chi connectivity index (χ1v) is 4.64. The number of hydrogen-bond acceptors (Lipinski definition) is 5. The Bertz CT molecular complexity index is 325. The van der Waals surface area contributed by atoms with Crippen LogP contribution in [0.5, 0.6) is 5.88 Å². The van der Waals surface area contributed by atoms with Crippen LogP contribution >= 0.6 is 0 Å². The van der Waals surface area contributed by atoms with Crippen LogP contribution in [0, 0.1) is 6.92 Å². The summed E-state index contributed by atoms with van der Waals surface area (Å²) in [5, 5.41) is 6.52. The van der Waals surface area contributed by atoms with E-state index in [1.165, 1.54) is 6.33 Å². The van der Waals surface area contributed by atoms with Gasteiger partial charge in [0.05, 0.1) is 18.7 Å². The number of anilines is 1. The molecule has 2 heterocycles. The van der Waals surface area contributed by atoms with Crippen molar-refractivity contribution in [2.24, 2.45) is 0 Å². The van der Waals surface area contributed by atoms with Gasteiger partial charge in [-0.15, -0.1) is 0 Å². The maximum absolute atomic E-state index is 5.11. The Hall–Kier alpha value is -1.36. The molecule has 2 rings (SSSR count). The van der Waals surface area contributed by atoms with Crippen LogP contribution in [-0.2, 0) is 0 Å². The second kappa shape index (κ2) is 3.79. The molecule has 5 heteroatoms. The van der Waals surface area contributed by atoms with Gasteiger partial charge in [-0.25, -0.2) is 9.97 Å². The molecule has 2 N–H and O–H groups in total. The van der Waals surface area contributed by atoms with E-state index in [-0.39, 0.29) is 0 Å². The Morgan fingerprint density at radius 1 is 1.50 bits per heavy atom. The van der Waals surface area contributed by atoms with Gasteiger partial charge in [0, 0.05) is 13.1 Å². The molecule has 0 saturated carbocycles.